The predicted octanol–water partition coefficient (Wildman–Crippen LogP) is 1.81. The van der Waals surface area contributed by atoms with E-state index in [-0.39, 0.29) is 0 Å². The van der Waals surface area contributed by atoms with Crippen molar-refractivity contribution >= 4 is 8.72 Å². The molecule has 0 unspecified atom stereocenters. The summed E-state index contributed by atoms with van der Waals surface area (Å²) in [6.07, 6.45) is 6.00. The summed E-state index contributed by atoms with van der Waals surface area (Å²) < 4.78 is 0. The van der Waals surface area contributed by atoms with Crippen LogP contribution >= 0.6 is 0 Å². The summed E-state index contributed by atoms with van der Waals surface area (Å²) in [7, 11) is -1.90. The molecule has 5 heteroatoms. The molecule has 0 aliphatic carbocycles. The molecular formula is C13H34N4Si. The molecule has 0 aromatic rings. The zero-order chi connectivity index (χ0) is 13.7. The minimum atomic E-state index is -1.90. The molecule has 0 amide bonds. The van der Waals surface area contributed by atoms with E-state index < -0.39 is 8.72 Å². The second-order valence-electron chi connectivity index (χ2n) is 4.81. The first-order valence-electron chi connectivity index (χ1n) is 7.74. The van der Waals surface area contributed by atoms with Gasteiger partial charge in [0.15, 0.2) is 0 Å². The second-order valence-corrected chi connectivity index (χ2v) is 7.72. The lowest BCUT2D eigenvalue weighted by atomic mass is 10.3. The Morgan fingerprint density at radius 1 is 0.556 bits per heavy atom. The Balaban J connectivity index is 4.41. The smallest absolute Gasteiger partial charge is 0.301 e. The molecule has 0 spiro atoms. The highest BCUT2D eigenvalue weighted by Crippen LogP contribution is 1.91. The van der Waals surface area contributed by atoms with Gasteiger partial charge in [0.25, 0.3) is 0 Å². The lowest BCUT2D eigenvalue weighted by molar-refractivity contribution is 0.637. The maximum atomic E-state index is 3.74. The predicted molar refractivity (Wildman–Crippen MR) is 83.5 cm³/mol. The third-order valence-corrected chi connectivity index (χ3v) is 5.96. The molecule has 0 heterocycles. The van der Waals surface area contributed by atoms with Gasteiger partial charge in [0.05, 0.1) is 0 Å². The molecule has 0 aliphatic heterocycles. The summed E-state index contributed by atoms with van der Waals surface area (Å²) >= 11 is 0. The van der Waals surface area contributed by atoms with E-state index in [4.69, 9.17) is 0 Å². The maximum Gasteiger partial charge on any atom is 0.365 e. The number of hydrogen-bond donors (Lipinski definition) is 4. The molecule has 0 fully saturated rings. The number of hydrogen-bond acceptors (Lipinski definition) is 4. The molecule has 18 heavy (non-hydrogen) atoms. The maximum absolute atomic E-state index is 3.74. The average Bonchev–Trinajstić information content (AvgIpc) is 2.40. The molecule has 110 valence electrons. The van der Waals surface area contributed by atoms with E-state index in [1.165, 1.54) is 32.1 Å². The zero-order valence-electron chi connectivity index (χ0n) is 12.9. The van der Waals surface area contributed by atoms with Gasteiger partial charge in [-0.25, -0.2) is 0 Å². The molecule has 0 aromatic carbocycles. The summed E-state index contributed by atoms with van der Waals surface area (Å²) in [4.78, 5) is 14.9. The van der Waals surface area contributed by atoms with Gasteiger partial charge in [0.2, 0.25) is 0 Å². The lowest BCUT2D eigenvalue weighted by Gasteiger charge is -2.34. The molecular weight excluding hydrogens is 240 g/mol. The minimum absolute atomic E-state index is 1.07. The van der Waals surface area contributed by atoms with Crippen molar-refractivity contribution in [3.8, 4) is 0 Å². The van der Waals surface area contributed by atoms with Crippen molar-refractivity contribution < 1.29 is 0 Å². The van der Waals surface area contributed by atoms with Crippen LogP contribution in [0.5, 0.6) is 0 Å². The van der Waals surface area contributed by atoms with Gasteiger partial charge in [-0.2, -0.15) is 0 Å². The van der Waals surface area contributed by atoms with Gasteiger partial charge in [0, 0.05) is 0 Å². The number of unbranched alkanes of at least 4 members (excludes halogenated alkanes) is 1. The van der Waals surface area contributed by atoms with Gasteiger partial charge in [-0.3, -0.25) is 0 Å². The Morgan fingerprint density at radius 3 is 1.28 bits per heavy atom. The van der Waals surface area contributed by atoms with Crippen LogP contribution in [-0.4, -0.2) is 34.9 Å². The number of rotatable bonds is 13. The monoisotopic (exact) mass is 274 g/mol. The number of nitrogens with one attached hydrogen (secondary N) is 4. The highest BCUT2D eigenvalue weighted by molar-refractivity contribution is 6.70. The minimum Gasteiger partial charge on any atom is -0.301 e. The van der Waals surface area contributed by atoms with E-state index in [0.717, 1.165) is 26.2 Å². The normalized spacial score (nSPS) is 12.0. The fourth-order valence-electron chi connectivity index (χ4n) is 1.77. The van der Waals surface area contributed by atoms with Crippen LogP contribution in [0.25, 0.3) is 0 Å². The van der Waals surface area contributed by atoms with Crippen molar-refractivity contribution in [2.45, 2.75) is 59.8 Å². The molecule has 0 saturated heterocycles. The van der Waals surface area contributed by atoms with Crippen LogP contribution in [-0.2, 0) is 0 Å². The molecule has 0 aliphatic rings. The van der Waals surface area contributed by atoms with Crippen molar-refractivity contribution in [3.05, 3.63) is 0 Å². The van der Waals surface area contributed by atoms with E-state index in [1.54, 1.807) is 0 Å². The Bertz CT molecular complexity index is 157. The molecule has 4 nitrogen and oxygen atoms in total. The van der Waals surface area contributed by atoms with Crippen molar-refractivity contribution in [2.75, 3.05) is 26.2 Å². The van der Waals surface area contributed by atoms with Gasteiger partial charge in [-0.05, 0) is 51.9 Å². The van der Waals surface area contributed by atoms with Crippen LogP contribution in [0.2, 0.25) is 0 Å². The van der Waals surface area contributed by atoms with Gasteiger partial charge in [0.1, 0.15) is 0 Å². The van der Waals surface area contributed by atoms with Crippen LogP contribution in [0.4, 0.5) is 0 Å². The molecule has 0 rings (SSSR count). The first-order valence-corrected chi connectivity index (χ1v) is 9.74. The summed E-state index contributed by atoms with van der Waals surface area (Å²) in [6.45, 7) is 13.2. The van der Waals surface area contributed by atoms with Crippen molar-refractivity contribution in [3.63, 3.8) is 0 Å². The van der Waals surface area contributed by atoms with E-state index in [9.17, 15) is 0 Å². The molecule has 0 aromatic heterocycles. The summed E-state index contributed by atoms with van der Waals surface area (Å²) in [5.41, 5.74) is 0. The highest BCUT2D eigenvalue weighted by atomic mass is 28.4. The van der Waals surface area contributed by atoms with Gasteiger partial charge in [-0.1, -0.05) is 34.1 Å². The Labute approximate surface area is 115 Å². The molecule has 0 bridgehead atoms. The summed E-state index contributed by atoms with van der Waals surface area (Å²) in [5.74, 6) is 0. The van der Waals surface area contributed by atoms with Gasteiger partial charge < -0.3 is 19.9 Å². The molecule has 4 N–H and O–H groups in total. The van der Waals surface area contributed by atoms with E-state index in [0.29, 0.717) is 0 Å². The zero-order valence-corrected chi connectivity index (χ0v) is 13.9. The topological polar surface area (TPSA) is 48.1 Å². The van der Waals surface area contributed by atoms with Crippen molar-refractivity contribution in [1.82, 2.24) is 19.9 Å². The fraction of sp³-hybridized carbons (Fsp3) is 1.00. The summed E-state index contributed by atoms with van der Waals surface area (Å²) in [5, 5.41) is 0. The third-order valence-electron chi connectivity index (χ3n) is 2.84. The van der Waals surface area contributed by atoms with E-state index >= 15 is 0 Å². The Kier molecular flexibility index (Phi) is 12.1. The highest BCUT2D eigenvalue weighted by Gasteiger charge is 2.32. The molecule has 0 atom stereocenters. The standard InChI is InChI=1S/C13H34N4Si/c1-5-9-13-17-18(14-10-6-2,15-11-7-3)16-12-8-4/h14-17H,5-13H2,1-4H3. The lowest BCUT2D eigenvalue weighted by Crippen LogP contribution is -2.81. The van der Waals surface area contributed by atoms with E-state index in [1.807, 2.05) is 0 Å². The first kappa shape index (κ1) is 18.1. The molecule has 0 saturated carbocycles. The van der Waals surface area contributed by atoms with Gasteiger partial charge >= 0.3 is 8.72 Å². The van der Waals surface area contributed by atoms with Crippen molar-refractivity contribution in [1.29, 1.82) is 0 Å². The van der Waals surface area contributed by atoms with Crippen molar-refractivity contribution in [2.24, 2.45) is 0 Å². The van der Waals surface area contributed by atoms with E-state index in [2.05, 4.69) is 47.6 Å². The second kappa shape index (κ2) is 12.1. The van der Waals surface area contributed by atoms with Crippen LogP contribution in [0.15, 0.2) is 0 Å². The fourth-order valence-corrected chi connectivity index (χ4v) is 4.94. The Hall–Kier alpha value is 0.0569. The SMILES string of the molecule is CCCCN[Si](NCCC)(NCCC)NCCC. The first-order chi connectivity index (χ1) is 8.74. The van der Waals surface area contributed by atoms with Crippen LogP contribution < -0.4 is 19.9 Å². The van der Waals surface area contributed by atoms with Gasteiger partial charge in [-0.15, -0.1) is 0 Å². The summed E-state index contributed by atoms with van der Waals surface area (Å²) in [6, 6.07) is 0. The Morgan fingerprint density at radius 2 is 0.944 bits per heavy atom. The molecule has 0 radical (unpaired) electrons. The quantitative estimate of drug-likeness (QED) is 0.306. The van der Waals surface area contributed by atoms with Crippen LogP contribution in [0, 0.1) is 0 Å². The average molecular weight is 275 g/mol. The largest absolute Gasteiger partial charge is 0.365 e. The van der Waals surface area contributed by atoms with Crippen LogP contribution in [0.1, 0.15) is 59.8 Å². The third kappa shape index (κ3) is 8.21. The van der Waals surface area contributed by atoms with Crippen LogP contribution in [0.3, 0.4) is 0 Å².